The van der Waals surface area contributed by atoms with Gasteiger partial charge < -0.3 is 9.64 Å². The number of rotatable bonds is 5. The highest BCUT2D eigenvalue weighted by Gasteiger charge is 2.19. The first-order chi connectivity index (χ1) is 8.49. The Morgan fingerprint density at radius 3 is 2.50 bits per heavy atom. The number of likely N-dealkylation sites (N-methyl/N-ethyl adjacent to an activating group) is 1. The minimum Gasteiger partial charge on any atom is -0.481 e. The summed E-state index contributed by atoms with van der Waals surface area (Å²) in [6.07, 6.45) is -0.560. The fraction of sp³-hybridized carbons (Fsp3) is 0.500. The molecule has 1 atom stereocenters. The quantitative estimate of drug-likeness (QED) is 0.807. The van der Waals surface area contributed by atoms with Crippen LogP contribution in [-0.2, 0) is 4.79 Å². The molecule has 0 radical (unpaired) electrons. The van der Waals surface area contributed by atoms with Crippen LogP contribution < -0.4 is 4.74 Å². The lowest BCUT2D eigenvalue weighted by Crippen LogP contribution is -2.40. The third kappa shape index (κ3) is 3.45. The van der Waals surface area contributed by atoms with Crippen LogP contribution in [0.5, 0.6) is 5.75 Å². The average molecular weight is 253 g/mol. The molecule has 0 spiro atoms. The van der Waals surface area contributed by atoms with Gasteiger partial charge >= 0.3 is 0 Å². The third-order valence-corrected chi connectivity index (χ3v) is 2.87. The van der Waals surface area contributed by atoms with E-state index < -0.39 is 6.10 Å². The SMILES string of the molecule is CCN(CC)C(=O)C(C)Oc1ccc(F)c(C)c1. The number of aryl methyl sites for hydroxylation is 1. The molecule has 0 N–H and O–H groups in total. The highest BCUT2D eigenvalue weighted by Crippen LogP contribution is 2.17. The first-order valence-corrected chi connectivity index (χ1v) is 6.21. The van der Waals surface area contributed by atoms with E-state index >= 15 is 0 Å². The van der Waals surface area contributed by atoms with Crippen molar-refractivity contribution in [2.45, 2.75) is 33.8 Å². The maximum atomic E-state index is 13.1. The van der Waals surface area contributed by atoms with E-state index in [1.165, 1.54) is 12.1 Å². The Balaban J connectivity index is 2.71. The molecule has 1 rings (SSSR count). The van der Waals surface area contributed by atoms with Crippen LogP contribution >= 0.6 is 0 Å². The number of hydrogen-bond donors (Lipinski definition) is 0. The van der Waals surface area contributed by atoms with Crippen molar-refractivity contribution in [3.05, 3.63) is 29.6 Å². The van der Waals surface area contributed by atoms with Gasteiger partial charge in [0.05, 0.1) is 0 Å². The van der Waals surface area contributed by atoms with Gasteiger partial charge in [0.15, 0.2) is 6.10 Å². The third-order valence-electron chi connectivity index (χ3n) is 2.87. The van der Waals surface area contributed by atoms with Gasteiger partial charge in [0.1, 0.15) is 11.6 Å². The largest absolute Gasteiger partial charge is 0.481 e. The van der Waals surface area contributed by atoms with Crippen LogP contribution in [0.2, 0.25) is 0 Å². The van der Waals surface area contributed by atoms with Crippen molar-refractivity contribution in [1.29, 1.82) is 0 Å². The van der Waals surface area contributed by atoms with Crippen LogP contribution in [0.3, 0.4) is 0 Å². The van der Waals surface area contributed by atoms with Crippen molar-refractivity contribution in [3.8, 4) is 5.75 Å². The second-order valence-electron chi connectivity index (χ2n) is 4.18. The number of nitrogens with zero attached hydrogens (tertiary/aromatic N) is 1. The lowest BCUT2D eigenvalue weighted by atomic mass is 10.2. The zero-order chi connectivity index (χ0) is 13.7. The maximum Gasteiger partial charge on any atom is 0.263 e. The van der Waals surface area contributed by atoms with Crippen molar-refractivity contribution in [1.82, 2.24) is 4.90 Å². The van der Waals surface area contributed by atoms with E-state index in [-0.39, 0.29) is 11.7 Å². The van der Waals surface area contributed by atoms with E-state index in [4.69, 9.17) is 4.74 Å². The predicted octanol–water partition coefficient (Wildman–Crippen LogP) is 2.77. The number of halogens is 1. The van der Waals surface area contributed by atoms with Crippen LogP contribution in [0.1, 0.15) is 26.3 Å². The Morgan fingerprint density at radius 2 is 2.00 bits per heavy atom. The van der Waals surface area contributed by atoms with Gasteiger partial charge in [0, 0.05) is 13.1 Å². The fourth-order valence-corrected chi connectivity index (χ4v) is 1.74. The van der Waals surface area contributed by atoms with Crippen molar-refractivity contribution in [2.75, 3.05) is 13.1 Å². The molecule has 100 valence electrons. The molecule has 0 fully saturated rings. The molecule has 0 saturated carbocycles. The van der Waals surface area contributed by atoms with Crippen LogP contribution in [-0.4, -0.2) is 30.0 Å². The minimum atomic E-state index is -0.560. The predicted molar refractivity (Wildman–Crippen MR) is 69.2 cm³/mol. The summed E-state index contributed by atoms with van der Waals surface area (Å²) in [7, 11) is 0. The number of hydrogen-bond acceptors (Lipinski definition) is 2. The van der Waals surface area contributed by atoms with Crippen LogP contribution in [0.25, 0.3) is 0 Å². The van der Waals surface area contributed by atoms with E-state index in [1.54, 1.807) is 24.8 Å². The number of benzene rings is 1. The van der Waals surface area contributed by atoms with Gasteiger partial charge in [-0.15, -0.1) is 0 Å². The lowest BCUT2D eigenvalue weighted by Gasteiger charge is -2.23. The second kappa shape index (κ2) is 6.38. The number of ether oxygens (including phenoxy) is 1. The summed E-state index contributed by atoms with van der Waals surface area (Å²) in [6, 6.07) is 4.48. The fourth-order valence-electron chi connectivity index (χ4n) is 1.74. The first-order valence-electron chi connectivity index (χ1n) is 6.21. The normalized spacial score (nSPS) is 12.1. The van der Waals surface area contributed by atoms with Crippen LogP contribution in [0.15, 0.2) is 18.2 Å². The summed E-state index contributed by atoms with van der Waals surface area (Å²) < 4.78 is 18.6. The highest BCUT2D eigenvalue weighted by atomic mass is 19.1. The standard InChI is InChI=1S/C14H20FNO2/c1-5-16(6-2)14(17)11(4)18-12-7-8-13(15)10(3)9-12/h7-9,11H,5-6H2,1-4H3. The zero-order valence-electron chi connectivity index (χ0n) is 11.4. The molecule has 18 heavy (non-hydrogen) atoms. The molecule has 4 heteroatoms. The van der Waals surface area contributed by atoms with Gasteiger partial charge in [-0.25, -0.2) is 4.39 Å². The maximum absolute atomic E-state index is 13.1. The number of carbonyl (C=O) groups is 1. The summed E-state index contributed by atoms with van der Waals surface area (Å²) >= 11 is 0. The molecule has 0 aliphatic rings. The van der Waals surface area contributed by atoms with E-state index in [9.17, 15) is 9.18 Å². The molecule has 1 amide bonds. The molecule has 0 saturated heterocycles. The topological polar surface area (TPSA) is 29.5 Å². The Bertz CT molecular complexity index is 416. The van der Waals surface area contributed by atoms with Crippen LogP contribution in [0.4, 0.5) is 4.39 Å². The summed E-state index contributed by atoms with van der Waals surface area (Å²) in [5, 5.41) is 0. The van der Waals surface area contributed by atoms with Gasteiger partial charge in [-0.2, -0.15) is 0 Å². The lowest BCUT2D eigenvalue weighted by molar-refractivity contribution is -0.137. The molecular formula is C14H20FNO2. The molecule has 1 unspecified atom stereocenters. The monoisotopic (exact) mass is 253 g/mol. The van der Waals surface area contributed by atoms with E-state index in [0.29, 0.717) is 24.4 Å². The molecule has 3 nitrogen and oxygen atoms in total. The highest BCUT2D eigenvalue weighted by molar-refractivity contribution is 5.80. The van der Waals surface area contributed by atoms with Crippen molar-refractivity contribution in [2.24, 2.45) is 0 Å². The van der Waals surface area contributed by atoms with Gasteiger partial charge in [0.25, 0.3) is 5.91 Å². The van der Waals surface area contributed by atoms with E-state index in [2.05, 4.69) is 0 Å². The summed E-state index contributed by atoms with van der Waals surface area (Å²) in [4.78, 5) is 13.7. The Kier molecular flexibility index (Phi) is 5.13. The Hall–Kier alpha value is -1.58. The molecular weight excluding hydrogens is 233 g/mol. The average Bonchev–Trinajstić information content (AvgIpc) is 2.35. The van der Waals surface area contributed by atoms with E-state index in [1.807, 2.05) is 13.8 Å². The van der Waals surface area contributed by atoms with Gasteiger partial charge in [-0.1, -0.05) is 0 Å². The zero-order valence-corrected chi connectivity index (χ0v) is 11.4. The van der Waals surface area contributed by atoms with E-state index in [0.717, 1.165) is 0 Å². The molecule has 1 aromatic rings. The van der Waals surface area contributed by atoms with Crippen molar-refractivity contribution >= 4 is 5.91 Å². The molecule has 0 aromatic heterocycles. The van der Waals surface area contributed by atoms with Gasteiger partial charge in [-0.05, 0) is 51.5 Å². The Labute approximate surface area is 108 Å². The van der Waals surface area contributed by atoms with Gasteiger partial charge in [0.2, 0.25) is 0 Å². The molecule has 1 aromatic carbocycles. The smallest absolute Gasteiger partial charge is 0.263 e. The molecule has 0 heterocycles. The summed E-state index contributed by atoms with van der Waals surface area (Å²) in [5.41, 5.74) is 0.509. The molecule has 0 aliphatic carbocycles. The van der Waals surface area contributed by atoms with Crippen molar-refractivity contribution in [3.63, 3.8) is 0 Å². The molecule has 0 aliphatic heterocycles. The molecule has 0 bridgehead atoms. The first kappa shape index (κ1) is 14.5. The van der Waals surface area contributed by atoms with Crippen LogP contribution in [0, 0.1) is 12.7 Å². The Morgan fingerprint density at radius 1 is 1.39 bits per heavy atom. The van der Waals surface area contributed by atoms with Gasteiger partial charge in [-0.3, -0.25) is 4.79 Å². The number of amides is 1. The summed E-state index contributed by atoms with van der Waals surface area (Å²) in [6.45, 7) is 8.54. The second-order valence-corrected chi connectivity index (χ2v) is 4.18. The number of carbonyl (C=O) groups excluding carboxylic acids is 1. The minimum absolute atomic E-state index is 0.0537. The summed E-state index contributed by atoms with van der Waals surface area (Å²) in [5.74, 6) is 0.189. The van der Waals surface area contributed by atoms with Crippen molar-refractivity contribution < 1.29 is 13.9 Å².